The Bertz CT molecular complexity index is 442. The molecule has 0 fully saturated rings. The van der Waals surface area contributed by atoms with Crippen LogP contribution in [-0.4, -0.2) is 23.9 Å². The second-order valence-corrected chi connectivity index (χ2v) is 5.74. The first kappa shape index (κ1) is 9.16. The van der Waals surface area contributed by atoms with E-state index >= 15 is 0 Å². The number of halogens is 3. The van der Waals surface area contributed by atoms with Crippen molar-refractivity contribution in [2.24, 2.45) is 0 Å². The van der Waals surface area contributed by atoms with Gasteiger partial charge in [-0.25, -0.2) is 0 Å². The summed E-state index contributed by atoms with van der Waals surface area (Å²) in [6.07, 6.45) is 0. The normalized spacial score (nSPS) is 10.9. The summed E-state index contributed by atoms with van der Waals surface area (Å²) in [5.41, 5.74) is 0.870. The fourth-order valence-electron chi connectivity index (χ4n) is 0.844. The molecule has 62 valence electrons. The van der Waals surface area contributed by atoms with Gasteiger partial charge in [0.15, 0.2) is 0 Å². The number of fused-ring (bicyclic) bond motifs is 1. The van der Waals surface area contributed by atoms with Crippen molar-refractivity contribution in [1.82, 2.24) is 9.19 Å². The molecule has 0 aliphatic heterocycles. The van der Waals surface area contributed by atoms with E-state index in [0.29, 0.717) is 5.02 Å². The SMILES string of the molecule is Clc1cc(Br)c2[se]nnc2c1Br. The Balaban J connectivity index is 2.97. The average Bonchev–Trinajstić information content (AvgIpc) is 2.48. The Hall–Kier alpha value is 0.589. The summed E-state index contributed by atoms with van der Waals surface area (Å²) >= 11 is 12.8. The molecule has 6 heteroatoms. The van der Waals surface area contributed by atoms with Crippen LogP contribution in [0.2, 0.25) is 5.02 Å². The van der Waals surface area contributed by atoms with Crippen LogP contribution in [0.5, 0.6) is 0 Å². The summed E-state index contributed by atoms with van der Waals surface area (Å²) in [7, 11) is 0. The maximum absolute atomic E-state index is 5.93. The Kier molecular flexibility index (Phi) is 2.58. The van der Waals surface area contributed by atoms with Gasteiger partial charge >= 0.3 is 97.2 Å². The summed E-state index contributed by atoms with van der Waals surface area (Å²) in [6, 6.07) is 1.86. The van der Waals surface area contributed by atoms with Crippen LogP contribution in [-0.2, 0) is 0 Å². The fraction of sp³-hybridized carbons (Fsp3) is 0. The monoisotopic (exact) mass is 374 g/mol. The Labute approximate surface area is 96.5 Å². The second kappa shape index (κ2) is 3.39. The van der Waals surface area contributed by atoms with Gasteiger partial charge in [-0.1, -0.05) is 0 Å². The van der Waals surface area contributed by atoms with Crippen molar-refractivity contribution in [3.05, 3.63) is 20.0 Å². The van der Waals surface area contributed by atoms with Gasteiger partial charge in [0.05, 0.1) is 0 Å². The number of hydrogen-bond acceptors (Lipinski definition) is 2. The molecule has 0 bridgehead atoms. The zero-order valence-corrected chi connectivity index (χ0v) is 11.2. The molecule has 1 heterocycles. The molecule has 1 aromatic heterocycles. The fourth-order valence-corrected chi connectivity index (χ4v) is 3.87. The Morgan fingerprint density at radius 1 is 1.42 bits per heavy atom. The first-order valence-electron chi connectivity index (χ1n) is 2.95. The topological polar surface area (TPSA) is 25.8 Å². The van der Waals surface area contributed by atoms with Crippen molar-refractivity contribution in [3.63, 3.8) is 0 Å². The molecule has 0 atom stereocenters. The summed E-state index contributed by atoms with van der Waals surface area (Å²) in [4.78, 5) is 0. The molecule has 2 aromatic rings. The predicted octanol–water partition coefficient (Wildman–Crippen LogP) is 2.87. The molecule has 12 heavy (non-hydrogen) atoms. The number of benzene rings is 1. The summed E-state index contributed by atoms with van der Waals surface area (Å²) in [5.74, 6) is 0. The van der Waals surface area contributed by atoms with Crippen molar-refractivity contribution in [3.8, 4) is 0 Å². The molecule has 0 aliphatic carbocycles. The molecule has 0 spiro atoms. The number of nitrogens with zero attached hydrogens (tertiary/aromatic N) is 2. The Morgan fingerprint density at radius 2 is 2.17 bits per heavy atom. The minimum absolute atomic E-state index is 0.0985. The first-order valence-corrected chi connectivity index (χ1v) is 6.54. The van der Waals surface area contributed by atoms with Crippen LogP contribution < -0.4 is 0 Å². The minimum atomic E-state index is 0.0985. The standard InChI is InChI=1S/C6HBr2ClN2Se/c7-2-1-3(9)4(8)5-6(2)12-11-10-5/h1H. The van der Waals surface area contributed by atoms with Crippen LogP contribution in [0.25, 0.3) is 9.78 Å². The van der Waals surface area contributed by atoms with E-state index in [0.717, 1.165) is 18.7 Å². The third kappa shape index (κ3) is 1.38. The molecule has 0 unspecified atom stereocenters. The summed E-state index contributed by atoms with van der Waals surface area (Å²) in [6.45, 7) is 0. The molecule has 2 nitrogen and oxygen atoms in total. The van der Waals surface area contributed by atoms with E-state index in [2.05, 4.69) is 41.1 Å². The van der Waals surface area contributed by atoms with E-state index < -0.39 is 0 Å². The summed E-state index contributed by atoms with van der Waals surface area (Å²) < 4.78 is 6.97. The van der Waals surface area contributed by atoms with Gasteiger partial charge in [0.2, 0.25) is 0 Å². The van der Waals surface area contributed by atoms with Gasteiger partial charge in [0, 0.05) is 0 Å². The van der Waals surface area contributed by atoms with E-state index in [1.54, 1.807) is 0 Å². The molecule has 1 aromatic carbocycles. The van der Waals surface area contributed by atoms with Crippen LogP contribution in [0.4, 0.5) is 0 Å². The van der Waals surface area contributed by atoms with E-state index in [4.69, 9.17) is 11.6 Å². The van der Waals surface area contributed by atoms with E-state index in [-0.39, 0.29) is 14.7 Å². The van der Waals surface area contributed by atoms with E-state index in [1.807, 2.05) is 6.07 Å². The number of rotatable bonds is 0. The molecular formula is C6HBr2ClN2Se. The molecule has 0 amide bonds. The van der Waals surface area contributed by atoms with Gasteiger partial charge in [0.1, 0.15) is 0 Å². The molecule has 0 radical (unpaired) electrons. The quantitative estimate of drug-likeness (QED) is 0.523. The van der Waals surface area contributed by atoms with Gasteiger partial charge in [-0.15, -0.1) is 0 Å². The van der Waals surface area contributed by atoms with Crippen LogP contribution in [0.3, 0.4) is 0 Å². The van der Waals surface area contributed by atoms with Gasteiger partial charge in [-0.05, 0) is 0 Å². The molecule has 0 saturated heterocycles. The maximum atomic E-state index is 5.93. The Morgan fingerprint density at radius 3 is 2.92 bits per heavy atom. The van der Waals surface area contributed by atoms with E-state index in [9.17, 15) is 0 Å². The molecule has 2 rings (SSSR count). The van der Waals surface area contributed by atoms with Crippen LogP contribution in [0, 0.1) is 0 Å². The average molecular weight is 375 g/mol. The zero-order valence-electron chi connectivity index (χ0n) is 5.51. The van der Waals surface area contributed by atoms with Gasteiger partial charge in [-0.3, -0.25) is 0 Å². The zero-order chi connectivity index (χ0) is 8.72. The van der Waals surface area contributed by atoms with Crippen molar-refractivity contribution in [2.45, 2.75) is 0 Å². The third-order valence-corrected chi connectivity index (χ3v) is 5.51. The number of hydrogen-bond donors (Lipinski definition) is 0. The van der Waals surface area contributed by atoms with Gasteiger partial charge in [0.25, 0.3) is 0 Å². The molecule has 0 aliphatic rings. The van der Waals surface area contributed by atoms with Crippen molar-refractivity contribution < 1.29 is 0 Å². The first-order chi connectivity index (χ1) is 5.70. The van der Waals surface area contributed by atoms with Crippen LogP contribution in [0.15, 0.2) is 15.0 Å². The second-order valence-electron chi connectivity index (χ2n) is 2.10. The molecule has 0 N–H and O–H groups in total. The molecule has 0 saturated carbocycles. The molecular weight excluding hydrogens is 374 g/mol. The third-order valence-electron chi connectivity index (χ3n) is 1.38. The predicted molar refractivity (Wildman–Crippen MR) is 56.9 cm³/mol. The van der Waals surface area contributed by atoms with Crippen molar-refractivity contribution in [1.29, 1.82) is 0 Å². The van der Waals surface area contributed by atoms with Crippen LogP contribution >= 0.6 is 43.5 Å². The van der Waals surface area contributed by atoms with Crippen molar-refractivity contribution >= 4 is 68.0 Å². The number of aromatic nitrogens is 2. The van der Waals surface area contributed by atoms with Gasteiger partial charge in [-0.2, -0.15) is 0 Å². The van der Waals surface area contributed by atoms with Crippen molar-refractivity contribution in [2.75, 3.05) is 0 Å². The van der Waals surface area contributed by atoms with Crippen LogP contribution in [0.1, 0.15) is 0 Å². The van der Waals surface area contributed by atoms with Gasteiger partial charge < -0.3 is 0 Å². The summed E-state index contributed by atoms with van der Waals surface area (Å²) in [5, 5.41) is 4.68. The van der Waals surface area contributed by atoms with E-state index in [1.165, 1.54) is 0 Å².